The first-order valence-corrected chi connectivity index (χ1v) is 10.6. The van der Waals surface area contributed by atoms with Crippen molar-refractivity contribution in [1.29, 1.82) is 0 Å². The number of halogens is 1. The Morgan fingerprint density at radius 3 is 2.90 bits per heavy atom. The van der Waals surface area contributed by atoms with Gasteiger partial charge in [-0.25, -0.2) is 19.6 Å². The van der Waals surface area contributed by atoms with Gasteiger partial charge < -0.3 is 15.7 Å². The number of rotatable bonds is 4. The van der Waals surface area contributed by atoms with E-state index in [0.717, 1.165) is 26.2 Å². The summed E-state index contributed by atoms with van der Waals surface area (Å²) < 4.78 is 3.51. The standard InChI is InChI=1S/C18H17BrN8OS/c1-18(28)8-26(9-18)13-4-2-3-10(21-13)5-27-6-12(24-25-27)15-16-14(11(19)7-29-16)22-17(20)23-15/h2-4,6-7,28H,5,8-9H2,1H3,(H2,20,22,23). The summed E-state index contributed by atoms with van der Waals surface area (Å²) in [6, 6.07) is 5.85. The van der Waals surface area contributed by atoms with Gasteiger partial charge in [-0.15, -0.1) is 16.4 Å². The molecule has 5 rings (SSSR count). The van der Waals surface area contributed by atoms with Gasteiger partial charge in [0.1, 0.15) is 22.7 Å². The van der Waals surface area contributed by atoms with Gasteiger partial charge >= 0.3 is 0 Å². The van der Waals surface area contributed by atoms with Crippen LogP contribution in [0.15, 0.2) is 34.2 Å². The highest BCUT2D eigenvalue weighted by molar-refractivity contribution is 9.10. The number of hydrogen-bond donors (Lipinski definition) is 2. The molecule has 1 saturated heterocycles. The summed E-state index contributed by atoms with van der Waals surface area (Å²) in [5.41, 5.74) is 8.17. The number of pyridine rings is 1. The molecule has 0 aliphatic carbocycles. The molecule has 0 bridgehead atoms. The smallest absolute Gasteiger partial charge is 0.221 e. The maximum Gasteiger partial charge on any atom is 0.221 e. The number of aliphatic hydroxyl groups is 1. The molecule has 1 aliphatic rings. The molecular formula is C18H17BrN8OS. The van der Waals surface area contributed by atoms with Crippen LogP contribution in [0.3, 0.4) is 0 Å². The molecule has 1 aliphatic heterocycles. The van der Waals surface area contributed by atoms with E-state index in [1.54, 1.807) is 4.68 Å². The third-order valence-electron chi connectivity index (χ3n) is 4.67. The lowest BCUT2D eigenvalue weighted by Gasteiger charge is -2.45. The van der Waals surface area contributed by atoms with Gasteiger partial charge in [0, 0.05) is 18.5 Å². The van der Waals surface area contributed by atoms with Crippen molar-refractivity contribution < 1.29 is 5.11 Å². The number of thiophene rings is 1. The van der Waals surface area contributed by atoms with E-state index in [9.17, 15) is 5.11 Å². The van der Waals surface area contributed by atoms with Crippen LogP contribution in [-0.4, -0.2) is 53.7 Å². The van der Waals surface area contributed by atoms with Crippen molar-refractivity contribution in [2.45, 2.75) is 19.1 Å². The molecule has 4 aromatic heterocycles. The second-order valence-electron chi connectivity index (χ2n) is 7.33. The fraction of sp³-hybridized carbons (Fsp3) is 0.278. The van der Waals surface area contributed by atoms with Crippen molar-refractivity contribution in [3.8, 4) is 11.4 Å². The molecule has 0 spiro atoms. The minimum Gasteiger partial charge on any atom is -0.386 e. The van der Waals surface area contributed by atoms with Crippen LogP contribution in [0.2, 0.25) is 0 Å². The van der Waals surface area contributed by atoms with Crippen LogP contribution in [0.1, 0.15) is 12.6 Å². The summed E-state index contributed by atoms with van der Waals surface area (Å²) in [4.78, 5) is 15.4. The van der Waals surface area contributed by atoms with Gasteiger partial charge in [-0.3, -0.25) is 0 Å². The van der Waals surface area contributed by atoms with E-state index < -0.39 is 5.60 Å². The third-order valence-corrected chi connectivity index (χ3v) is 6.56. The van der Waals surface area contributed by atoms with Crippen LogP contribution in [0.25, 0.3) is 21.6 Å². The zero-order valence-electron chi connectivity index (χ0n) is 15.4. The molecule has 0 unspecified atom stereocenters. The summed E-state index contributed by atoms with van der Waals surface area (Å²) >= 11 is 5.02. The molecule has 0 saturated carbocycles. The van der Waals surface area contributed by atoms with Crippen molar-refractivity contribution in [1.82, 2.24) is 29.9 Å². The fourth-order valence-corrected chi connectivity index (χ4v) is 4.96. The summed E-state index contributed by atoms with van der Waals surface area (Å²) in [6.07, 6.45) is 1.83. The van der Waals surface area contributed by atoms with Gasteiger partial charge in [-0.05, 0) is 35.0 Å². The third kappa shape index (κ3) is 3.45. The number of aromatic nitrogens is 6. The van der Waals surface area contributed by atoms with Gasteiger partial charge in [-0.1, -0.05) is 11.3 Å². The second-order valence-corrected chi connectivity index (χ2v) is 9.07. The zero-order chi connectivity index (χ0) is 20.2. The number of nitrogens with two attached hydrogens (primary N) is 1. The van der Waals surface area contributed by atoms with E-state index in [4.69, 9.17) is 5.73 Å². The predicted octanol–water partition coefficient (Wildman–Crippen LogP) is 2.31. The summed E-state index contributed by atoms with van der Waals surface area (Å²) in [6.45, 7) is 3.47. The van der Waals surface area contributed by atoms with Crippen LogP contribution in [0.4, 0.5) is 11.8 Å². The molecule has 0 amide bonds. The zero-order valence-corrected chi connectivity index (χ0v) is 17.9. The van der Waals surface area contributed by atoms with E-state index in [1.165, 1.54) is 11.3 Å². The topological polar surface area (TPSA) is 119 Å². The van der Waals surface area contributed by atoms with Crippen molar-refractivity contribution in [3.63, 3.8) is 0 Å². The monoisotopic (exact) mass is 472 g/mol. The summed E-state index contributed by atoms with van der Waals surface area (Å²) in [7, 11) is 0. The number of β-amino-alcohol motifs (C(OH)–C–C–N with tert-alkyl or cyclic N) is 1. The number of nitrogens with zero attached hydrogens (tertiary/aromatic N) is 7. The number of hydrogen-bond acceptors (Lipinski definition) is 9. The molecule has 11 heteroatoms. The predicted molar refractivity (Wildman–Crippen MR) is 115 cm³/mol. The van der Waals surface area contributed by atoms with E-state index in [-0.39, 0.29) is 5.95 Å². The highest BCUT2D eigenvalue weighted by Crippen LogP contribution is 2.35. The average molecular weight is 473 g/mol. The van der Waals surface area contributed by atoms with Crippen LogP contribution in [-0.2, 0) is 6.54 Å². The lowest BCUT2D eigenvalue weighted by Crippen LogP contribution is -2.60. The normalized spacial score (nSPS) is 15.6. The minimum absolute atomic E-state index is 0.195. The Hall–Kier alpha value is -2.63. The maximum atomic E-state index is 9.94. The van der Waals surface area contributed by atoms with E-state index in [2.05, 4.69) is 41.2 Å². The lowest BCUT2D eigenvalue weighted by atomic mass is 9.97. The Kier molecular flexibility index (Phi) is 4.26. The molecule has 3 N–H and O–H groups in total. The van der Waals surface area contributed by atoms with Gasteiger partial charge in [0.15, 0.2) is 0 Å². The van der Waals surface area contributed by atoms with Crippen LogP contribution in [0.5, 0.6) is 0 Å². The number of nitrogen functional groups attached to an aromatic ring is 1. The SMILES string of the molecule is CC1(O)CN(c2cccc(Cn3cc(-c4nc(N)nc5c(Br)csc45)nn3)n2)C1. The summed E-state index contributed by atoms with van der Waals surface area (Å²) in [5, 5.41) is 20.4. The highest BCUT2D eigenvalue weighted by atomic mass is 79.9. The van der Waals surface area contributed by atoms with E-state index >= 15 is 0 Å². The van der Waals surface area contributed by atoms with Crippen molar-refractivity contribution in [2.75, 3.05) is 23.7 Å². The molecule has 5 heterocycles. The van der Waals surface area contributed by atoms with Gasteiger partial charge in [0.05, 0.1) is 33.2 Å². The largest absolute Gasteiger partial charge is 0.386 e. The van der Waals surface area contributed by atoms with Crippen LogP contribution in [0, 0.1) is 0 Å². The molecule has 0 atom stereocenters. The quantitative estimate of drug-likeness (QED) is 0.464. The first-order valence-electron chi connectivity index (χ1n) is 8.92. The number of fused-ring (bicyclic) bond motifs is 1. The Bertz CT molecular complexity index is 1210. The van der Waals surface area contributed by atoms with Crippen LogP contribution >= 0.6 is 27.3 Å². The number of anilines is 2. The highest BCUT2D eigenvalue weighted by Gasteiger charge is 2.37. The molecule has 148 valence electrons. The van der Waals surface area contributed by atoms with Gasteiger partial charge in [0.25, 0.3) is 0 Å². The van der Waals surface area contributed by atoms with Gasteiger partial charge in [0.2, 0.25) is 5.95 Å². The summed E-state index contributed by atoms with van der Waals surface area (Å²) in [5.74, 6) is 1.05. The Labute approximate surface area is 178 Å². The lowest BCUT2D eigenvalue weighted by molar-refractivity contribution is 0.0305. The molecule has 0 radical (unpaired) electrons. The second kappa shape index (κ2) is 6.71. The molecular weight excluding hydrogens is 456 g/mol. The van der Waals surface area contributed by atoms with Crippen molar-refractivity contribution in [2.24, 2.45) is 0 Å². The Balaban J connectivity index is 1.41. The molecule has 1 fully saturated rings. The maximum absolute atomic E-state index is 9.94. The molecule has 0 aromatic carbocycles. The first kappa shape index (κ1) is 18.4. The molecule has 29 heavy (non-hydrogen) atoms. The Morgan fingerprint density at radius 1 is 1.28 bits per heavy atom. The fourth-order valence-electron chi connectivity index (χ4n) is 3.40. The Morgan fingerprint density at radius 2 is 2.10 bits per heavy atom. The molecule has 4 aromatic rings. The van der Waals surface area contributed by atoms with Crippen LogP contribution < -0.4 is 10.6 Å². The van der Waals surface area contributed by atoms with E-state index in [0.29, 0.717) is 31.0 Å². The van der Waals surface area contributed by atoms with Gasteiger partial charge in [-0.2, -0.15) is 0 Å². The van der Waals surface area contributed by atoms with Crippen molar-refractivity contribution in [3.05, 3.63) is 39.9 Å². The van der Waals surface area contributed by atoms with E-state index in [1.807, 2.05) is 41.6 Å². The average Bonchev–Trinajstić information content (AvgIpc) is 3.27. The molecule has 9 nitrogen and oxygen atoms in total. The van der Waals surface area contributed by atoms with Crippen molar-refractivity contribution >= 4 is 49.2 Å². The minimum atomic E-state index is -0.639. The first-order chi connectivity index (χ1) is 13.9.